The minimum atomic E-state index is -0.138. The average Bonchev–Trinajstić information content (AvgIpc) is 2.92. The van der Waals surface area contributed by atoms with Gasteiger partial charge in [0.1, 0.15) is 6.61 Å². The van der Waals surface area contributed by atoms with Crippen molar-refractivity contribution in [1.29, 1.82) is 0 Å². The van der Waals surface area contributed by atoms with Crippen LogP contribution >= 0.6 is 0 Å². The number of benzene rings is 2. The summed E-state index contributed by atoms with van der Waals surface area (Å²) in [5.74, 6) is 0.564. The highest BCUT2D eigenvalue weighted by Gasteiger charge is 2.31. The van der Waals surface area contributed by atoms with Gasteiger partial charge in [-0.2, -0.15) is 5.06 Å². The van der Waals surface area contributed by atoms with Crippen molar-refractivity contribution in [3.05, 3.63) is 76.9 Å². The molecule has 1 amide bonds. The third kappa shape index (κ3) is 3.08. The molecule has 1 fully saturated rings. The van der Waals surface area contributed by atoms with Gasteiger partial charge >= 0.3 is 0 Å². The van der Waals surface area contributed by atoms with E-state index in [-0.39, 0.29) is 5.91 Å². The van der Waals surface area contributed by atoms with Crippen molar-refractivity contribution >= 4 is 11.6 Å². The van der Waals surface area contributed by atoms with Gasteiger partial charge < -0.3 is 0 Å². The van der Waals surface area contributed by atoms with Crippen LogP contribution in [0.25, 0.3) is 5.70 Å². The lowest BCUT2D eigenvalue weighted by Gasteiger charge is -2.24. The Bertz CT molecular complexity index is 814. The Morgan fingerprint density at radius 2 is 1.81 bits per heavy atom. The second-order valence-electron chi connectivity index (χ2n) is 7.39. The second kappa shape index (κ2) is 7.08. The van der Waals surface area contributed by atoms with Crippen molar-refractivity contribution in [2.45, 2.75) is 51.6 Å². The van der Waals surface area contributed by atoms with Gasteiger partial charge in [-0.1, -0.05) is 62.2 Å². The van der Waals surface area contributed by atoms with E-state index >= 15 is 0 Å². The highest BCUT2D eigenvalue weighted by Crippen LogP contribution is 2.35. The molecule has 0 spiro atoms. The zero-order valence-corrected chi connectivity index (χ0v) is 15.3. The number of hydrogen-bond acceptors (Lipinski definition) is 2. The van der Waals surface area contributed by atoms with E-state index in [1.54, 1.807) is 0 Å². The zero-order valence-electron chi connectivity index (χ0n) is 15.3. The maximum Gasteiger partial charge on any atom is 0.282 e. The molecule has 2 aliphatic rings. The Morgan fingerprint density at radius 1 is 1.08 bits per heavy atom. The molecule has 3 nitrogen and oxygen atoms in total. The molecule has 0 N–H and O–H groups in total. The maximum absolute atomic E-state index is 12.5. The molecule has 134 valence electrons. The van der Waals surface area contributed by atoms with Gasteiger partial charge in [0.15, 0.2) is 0 Å². The van der Waals surface area contributed by atoms with E-state index in [1.807, 2.05) is 24.3 Å². The lowest BCUT2D eigenvalue weighted by Crippen LogP contribution is -2.23. The van der Waals surface area contributed by atoms with Crippen LogP contribution in [-0.4, -0.2) is 11.0 Å². The lowest BCUT2D eigenvalue weighted by atomic mass is 9.82. The molecule has 0 bridgehead atoms. The minimum Gasteiger partial charge on any atom is -0.266 e. The second-order valence-corrected chi connectivity index (χ2v) is 7.39. The Morgan fingerprint density at radius 3 is 2.50 bits per heavy atom. The van der Waals surface area contributed by atoms with Crippen molar-refractivity contribution < 1.29 is 9.63 Å². The summed E-state index contributed by atoms with van der Waals surface area (Å²) in [6, 6.07) is 14.1. The molecular weight excluding hydrogens is 322 g/mol. The number of rotatable bonds is 4. The van der Waals surface area contributed by atoms with Crippen LogP contribution in [0.2, 0.25) is 0 Å². The van der Waals surface area contributed by atoms with Crippen LogP contribution in [0.1, 0.15) is 70.6 Å². The molecule has 1 heterocycles. The first-order valence-electron chi connectivity index (χ1n) is 9.50. The summed E-state index contributed by atoms with van der Waals surface area (Å²) in [7, 11) is 0. The van der Waals surface area contributed by atoms with Gasteiger partial charge in [-0.25, -0.2) is 0 Å². The largest absolute Gasteiger partial charge is 0.282 e. The summed E-state index contributed by atoms with van der Waals surface area (Å²) in [6.45, 7) is 6.56. The van der Waals surface area contributed by atoms with E-state index in [9.17, 15) is 4.79 Å². The smallest absolute Gasteiger partial charge is 0.266 e. The predicted molar refractivity (Wildman–Crippen MR) is 103 cm³/mol. The van der Waals surface area contributed by atoms with Crippen LogP contribution in [0.4, 0.5) is 0 Å². The molecule has 0 aromatic heterocycles. The van der Waals surface area contributed by atoms with Gasteiger partial charge in [0, 0.05) is 5.56 Å². The Hall–Kier alpha value is -2.39. The summed E-state index contributed by atoms with van der Waals surface area (Å²) >= 11 is 0. The molecule has 2 aromatic rings. The average molecular weight is 347 g/mol. The molecule has 4 rings (SSSR count). The zero-order chi connectivity index (χ0) is 18.1. The number of aryl methyl sites for hydroxylation is 1. The van der Waals surface area contributed by atoms with Gasteiger partial charge in [-0.05, 0) is 48.4 Å². The molecule has 0 atom stereocenters. The van der Waals surface area contributed by atoms with E-state index in [1.165, 1.54) is 48.3 Å². The van der Waals surface area contributed by atoms with Gasteiger partial charge in [-0.15, -0.1) is 0 Å². The predicted octanol–water partition coefficient (Wildman–Crippen LogP) is 5.60. The minimum absolute atomic E-state index is 0.138. The molecule has 0 saturated heterocycles. The molecule has 1 aliphatic carbocycles. The molecular formula is C23H25NO2. The highest BCUT2D eigenvalue weighted by atomic mass is 16.7. The Kier molecular flexibility index (Phi) is 4.64. The molecule has 2 aromatic carbocycles. The van der Waals surface area contributed by atoms with Crippen LogP contribution in [0.3, 0.4) is 0 Å². The Balaban J connectivity index is 1.45. The first-order chi connectivity index (χ1) is 12.6. The van der Waals surface area contributed by atoms with Gasteiger partial charge in [-0.3, -0.25) is 9.63 Å². The fraction of sp³-hybridized carbons (Fsp3) is 0.348. The fourth-order valence-electron chi connectivity index (χ4n) is 4.24. The van der Waals surface area contributed by atoms with Crippen molar-refractivity contribution in [2.24, 2.45) is 0 Å². The van der Waals surface area contributed by atoms with Crippen molar-refractivity contribution in [1.82, 2.24) is 5.06 Å². The monoisotopic (exact) mass is 347 g/mol. The summed E-state index contributed by atoms with van der Waals surface area (Å²) in [6.07, 6.45) is 6.66. The van der Waals surface area contributed by atoms with Crippen LogP contribution in [0.15, 0.2) is 49.0 Å². The van der Waals surface area contributed by atoms with E-state index in [0.717, 1.165) is 11.1 Å². The third-order valence-corrected chi connectivity index (χ3v) is 5.64. The molecule has 0 radical (unpaired) electrons. The van der Waals surface area contributed by atoms with E-state index < -0.39 is 0 Å². The van der Waals surface area contributed by atoms with E-state index in [2.05, 4.69) is 31.7 Å². The van der Waals surface area contributed by atoms with Crippen molar-refractivity contribution in [3.63, 3.8) is 0 Å². The number of fused-ring (bicyclic) bond motifs is 1. The molecule has 1 saturated carbocycles. The fourth-order valence-corrected chi connectivity index (χ4v) is 4.24. The number of hydrogen-bond donors (Lipinski definition) is 0. The summed E-state index contributed by atoms with van der Waals surface area (Å²) in [5, 5.41) is 1.33. The van der Waals surface area contributed by atoms with Crippen LogP contribution in [0.5, 0.6) is 0 Å². The summed E-state index contributed by atoms with van der Waals surface area (Å²) in [4.78, 5) is 18.3. The van der Waals surface area contributed by atoms with Crippen LogP contribution < -0.4 is 0 Å². The van der Waals surface area contributed by atoms with Gasteiger partial charge in [0.25, 0.3) is 5.91 Å². The first kappa shape index (κ1) is 17.0. The van der Waals surface area contributed by atoms with E-state index in [4.69, 9.17) is 4.84 Å². The highest BCUT2D eigenvalue weighted by molar-refractivity contribution is 6.07. The normalized spacial score (nSPS) is 17.7. The molecule has 3 heteroatoms. The first-order valence-corrected chi connectivity index (χ1v) is 9.50. The van der Waals surface area contributed by atoms with Crippen LogP contribution in [0, 0.1) is 6.92 Å². The quantitative estimate of drug-likeness (QED) is 0.720. The van der Waals surface area contributed by atoms with Gasteiger partial charge in [0.05, 0.1) is 11.3 Å². The maximum atomic E-state index is 12.5. The number of hydroxylamine groups is 2. The summed E-state index contributed by atoms with van der Waals surface area (Å²) < 4.78 is 0. The lowest BCUT2D eigenvalue weighted by molar-refractivity contribution is -0.0871. The SMILES string of the molecule is C=C1c2ccccc2C(=O)N1OCc1ccc(C2CCCCC2)c(C)c1. The van der Waals surface area contributed by atoms with E-state index in [0.29, 0.717) is 23.8 Å². The third-order valence-electron chi connectivity index (χ3n) is 5.64. The number of carbonyl (C=O) groups excluding carboxylic acids is 1. The summed E-state index contributed by atoms with van der Waals surface area (Å²) in [5.41, 5.74) is 6.00. The number of carbonyl (C=O) groups is 1. The number of nitrogens with zero attached hydrogens (tertiary/aromatic N) is 1. The molecule has 26 heavy (non-hydrogen) atoms. The standard InChI is InChI=1S/C23H25NO2/c1-16-14-18(12-13-20(16)19-8-4-3-5-9-19)15-26-24-17(2)21-10-6-7-11-22(21)23(24)25/h6-7,10-14,19H,2-5,8-9,15H2,1H3. The Labute approximate surface area is 155 Å². The van der Waals surface area contributed by atoms with Crippen molar-refractivity contribution in [3.8, 4) is 0 Å². The molecule has 0 unspecified atom stereocenters. The molecule has 1 aliphatic heterocycles. The number of amides is 1. The van der Waals surface area contributed by atoms with Gasteiger partial charge in [0.2, 0.25) is 0 Å². The van der Waals surface area contributed by atoms with Crippen LogP contribution in [-0.2, 0) is 11.4 Å². The topological polar surface area (TPSA) is 29.5 Å². The van der Waals surface area contributed by atoms with Crippen molar-refractivity contribution in [2.75, 3.05) is 0 Å².